The van der Waals surface area contributed by atoms with Crippen molar-refractivity contribution in [3.05, 3.63) is 71.0 Å². The molecule has 3 aromatic rings. The van der Waals surface area contributed by atoms with Gasteiger partial charge < -0.3 is 14.5 Å². The van der Waals surface area contributed by atoms with Gasteiger partial charge in [0.05, 0.1) is 12.7 Å². The van der Waals surface area contributed by atoms with Crippen molar-refractivity contribution < 1.29 is 22.7 Å². The third-order valence-corrected chi connectivity index (χ3v) is 6.07. The fraction of sp³-hybridized carbons (Fsp3) is 0.318. The molecule has 1 aliphatic rings. The first-order chi connectivity index (χ1) is 15.3. The summed E-state index contributed by atoms with van der Waals surface area (Å²) in [6, 6.07) is 12.1. The Balaban J connectivity index is 1.34. The molecule has 1 fully saturated rings. The highest BCUT2D eigenvalue weighted by Crippen LogP contribution is 2.29. The third-order valence-electron chi connectivity index (χ3n) is 5.25. The maximum absolute atomic E-state index is 12.7. The molecule has 2 aromatic carbocycles. The van der Waals surface area contributed by atoms with Crippen LogP contribution in [-0.2, 0) is 12.6 Å². The predicted molar refractivity (Wildman–Crippen MR) is 115 cm³/mol. The molecule has 0 unspecified atom stereocenters. The molecular weight excluding hydrogens is 441 g/mol. The number of nitrogens with zero attached hydrogens (tertiary/aromatic N) is 4. The minimum Gasteiger partial charge on any atom is -0.497 e. The normalized spacial score (nSPS) is 14.5. The van der Waals surface area contributed by atoms with Crippen LogP contribution in [0.5, 0.6) is 5.75 Å². The minimum absolute atomic E-state index is 0.253. The maximum atomic E-state index is 12.7. The Kier molecular flexibility index (Phi) is 6.31. The Hall–Kier alpha value is -3.14. The summed E-state index contributed by atoms with van der Waals surface area (Å²) in [5, 5.41) is 0.796. The molecule has 32 heavy (non-hydrogen) atoms. The summed E-state index contributed by atoms with van der Waals surface area (Å²) >= 11 is 1.32. The molecule has 168 valence electrons. The van der Waals surface area contributed by atoms with E-state index in [0.29, 0.717) is 32.6 Å². The van der Waals surface area contributed by atoms with E-state index in [-0.39, 0.29) is 11.5 Å². The summed E-state index contributed by atoms with van der Waals surface area (Å²) < 4.78 is 47.9. The molecule has 0 bridgehead atoms. The van der Waals surface area contributed by atoms with Crippen LogP contribution in [-0.4, -0.2) is 53.5 Å². The van der Waals surface area contributed by atoms with E-state index < -0.39 is 11.7 Å². The summed E-state index contributed by atoms with van der Waals surface area (Å²) in [5.41, 5.74) is 0.545. The number of rotatable bonds is 5. The zero-order valence-corrected chi connectivity index (χ0v) is 18.1. The third kappa shape index (κ3) is 5.01. The number of ether oxygens (including phenoxy) is 1. The minimum atomic E-state index is -4.42. The lowest BCUT2D eigenvalue weighted by Gasteiger charge is -2.34. The van der Waals surface area contributed by atoms with E-state index in [4.69, 9.17) is 4.74 Å². The molecule has 1 amide bonds. The number of amides is 1. The first-order valence-electron chi connectivity index (χ1n) is 10.0. The van der Waals surface area contributed by atoms with Crippen molar-refractivity contribution >= 4 is 22.6 Å². The van der Waals surface area contributed by atoms with Gasteiger partial charge in [-0.05, 0) is 42.0 Å². The van der Waals surface area contributed by atoms with Crippen LogP contribution in [0.4, 0.5) is 18.3 Å². The quantitative estimate of drug-likeness (QED) is 0.571. The van der Waals surface area contributed by atoms with Crippen LogP contribution < -0.4 is 9.64 Å². The Morgan fingerprint density at radius 1 is 1.09 bits per heavy atom. The topological polar surface area (TPSA) is 58.6 Å². The lowest BCUT2D eigenvalue weighted by atomic mass is 10.1. The summed E-state index contributed by atoms with van der Waals surface area (Å²) in [6.07, 6.45) is -3.82. The number of methoxy groups -OCH3 is 1. The largest absolute Gasteiger partial charge is 0.497 e. The number of hydrogen-bond donors (Lipinski definition) is 0. The molecule has 0 radical (unpaired) electrons. The van der Waals surface area contributed by atoms with Gasteiger partial charge in [-0.2, -0.15) is 17.5 Å². The maximum Gasteiger partial charge on any atom is 0.416 e. The van der Waals surface area contributed by atoms with E-state index >= 15 is 0 Å². The Morgan fingerprint density at radius 2 is 1.81 bits per heavy atom. The fourth-order valence-corrected chi connectivity index (χ4v) is 4.23. The summed E-state index contributed by atoms with van der Waals surface area (Å²) in [5.74, 6) is 1.24. The van der Waals surface area contributed by atoms with Crippen LogP contribution in [0, 0.1) is 0 Å². The number of anilines is 1. The van der Waals surface area contributed by atoms with E-state index in [1.54, 1.807) is 12.0 Å². The van der Waals surface area contributed by atoms with Gasteiger partial charge in [-0.3, -0.25) is 4.79 Å². The molecule has 10 heteroatoms. The second-order valence-corrected chi connectivity index (χ2v) is 8.11. The molecule has 0 aliphatic carbocycles. The zero-order valence-electron chi connectivity index (χ0n) is 17.3. The first-order valence-corrected chi connectivity index (χ1v) is 10.8. The van der Waals surface area contributed by atoms with Crippen LogP contribution in [0.2, 0.25) is 0 Å². The lowest BCUT2D eigenvalue weighted by molar-refractivity contribution is -0.137. The number of alkyl halides is 3. The van der Waals surface area contributed by atoms with Gasteiger partial charge in [-0.25, -0.2) is 4.98 Å². The van der Waals surface area contributed by atoms with E-state index in [2.05, 4.69) is 14.3 Å². The van der Waals surface area contributed by atoms with Gasteiger partial charge in [0.15, 0.2) is 0 Å². The molecule has 0 spiro atoms. The van der Waals surface area contributed by atoms with E-state index in [9.17, 15) is 18.0 Å². The van der Waals surface area contributed by atoms with Gasteiger partial charge in [0.25, 0.3) is 5.91 Å². The molecule has 4 rings (SSSR count). The lowest BCUT2D eigenvalue weighted by Crippen LogP contribution is -2.48. The van der Waals surface area contributed by atoms with Gasteiger partial charge in [-0.1, -0.05) is 12.1 Å². The Bertz CT molecular complexity index is 1080. The number of carbonyl (C=O) groups excluding carboxylic acids is 1. The highest BCUT2D eigenvalue weighted by molar-refractivity contribution is 7.09. The average molecular weight is 462 g/mol. The second-order valence-electron chi connectivity index (χ2n) is 7.38. The fourth-order valence-electron chi connectivity index (χ4n) is 3.50. The van der Waals surface area contributed by atoms with Crippen molar-refractivity contribution in [3.8, 4) is 5.75 Å². The van der Waals surface area contributed by atoms with Crippen molar-refractivity contribution in [1.82, 2.24) is 14.3 Å². The number of carbonyl (C=O) groups is 1. The van der Waals surface area contributed by atoms with Crippen LogP contribution in [0.3, 0.4) is 0 Å². The highest BCUT2D eigenvalue weighted by atomic mass is 32.1. The predicted octanol–water partition coefficient (Wildman–Crippen LogP) is 4.12. The number of piperazine rings is 1. The zero-order chi connectivity index (χ0) is 22.7. The van der Waals surface area contributed by atoms with Gasteiger partial charge in [-0.15, -0.1) is 0 Å². The van der Waals surface area contributed by atoms with Gasteiger partial charge in [0.2, 0.25) is 5.13 Å². The molecule has 1 aliphatic heterocycles. The Labute approximate surface area is 187 Å². The molecular formula is C22H21F3N4O2S. The first kappa shape index (κ1) is 22.1. The number of benzene rings is 2. The van der Waals surface area contributed by atoms with Crippen molar-refractivity contribution in [2.24, 2.45) is 0 Å². The molecule has 1 saturated heterocycles. The summed E-state index contributed by atoms with van der Waals surface area (Å²) in [4.78, 5) is 21.0. The average Bonchev–Trinajstić information content (AvgIpc) is 3.27. The van der Waals surface area contributed by atoms with Crippen molar-refractivity contribution in [2.45, 2.75) is 12.6 Å². The molecule has 2 heterocycles. The number of hydrogen-bond acceptors (Lipinski definition) is 6. The van der Waals surface area contributed by atoms with Crippen LogP contribution in [0.15, 0.2) is 48.5 Å². The standard InChI is InChI=1S/C22H21F3N4O2S/c1-31-18-4-2-3-15(13-18)14-19-26-21(32-27-19)29-11-9-28(10-12-29)20(30)16-5-7-17(8-6-16)22(23,24)25/h2-8,13H,9-12,14H2,1H3. The van der Waals surface area contributed by atoms with E-state index in [1.807, 2.05) is 24.3 Å². The SMILES string of the molecule is COc1cccc(Cc2nsc(N3CCN(C(=O)c4ccc(C(F)(F)F)cc4)CC3)n2)c1. The van der Waals surface area contributed by atoms with Crippen molar-refractivity contribution in [1.29, 1.82) is 0 Å². The highest BCUT2D eigenvalue weighted by Gasteiger charge is 2.31. The summed E-state index contributed by atoms with van der Waals surface area (Å²) in [7, 11) is 1.63. The van der Waals surface area contributed by atoms with Crippen LogP contribution in [0.25, 0.3) is 0 Å². The van der Waals surface area contributed by atoms with Crippen molar-refractivity contribution in [2.75, 3.05) is 38.2 Å². The number of halogens is 3. The summed E-state index contributed by atoms with van der Waals surface area (Å²) in [6.45, 7) is 2.09. The van der Waals surface area contributed by atoms with E-state index in [1.165, 1.54) is 23.7 Å². The van der Waals surface area contributed by atoms with E-state index in [0.717, 1.165) is 34.4 Å². The smallest absolute Gasteiger partial charge is 0.416 e. The molecule has 0 saturated carbocycles. The number of aromatic nitrogens is 2. The second kappa shape index (κ2) is 9.15. The Morgan fingerprint density at radius 3 is 2.47 bits per heavy atom. The molecule has 0 atom stereocenters. The molecule has 1 aromatic heterocycles. The van der Waals surface area contributed by atoms with Crippen molar-refractivity contribution in [3.63, 3.8) is 0 Å². The molecule has 0 N–H and O–H groups in total. The van der Waals surface area contributed by atoms with Gasteiger partial charge >= 0.3 is 6.18 Å². The van der Waals surface area contributed by atoms with Gasteiger partial charge in [0.1, 0.15) is 11.6 Å². The van der Waals surface area contributed by atoms with Crippen LogP contribution in [0.1, 0.15) is 27.3 Å². The van der Waals surface area contributed by atoms with Gasteiger partial charge in [0, 0.05) is 49.7 Å². The monoisotopic (exact) mass is 462 g/mol. The van der Waals surface area contributed by atoms with Crippen LogP contribution >= 0.6 is 11.5 Å². The molecule has 6 nitrogen and oxygen atoms in total.